The van der Waals surface area contributed by atoms with Crippen LogP contribution >= 0.6 is 19.2 Å². The predicted molar refractivity (Wildman–Crippen MR) is 57.4 cm³/mol. The van der Waals surface area contributed by atoms with Crippen LogP contribution in [0.4, 0.5) is 0 Å². The van der Waals surface area contributed by atoms with Crippen molar-refractivity contribution in [1.82, 2.24) is 0 Å². The van der Waals surface area contributed by atoms with Crippen LogP contribution in [0.15, 0.2) is 23.0 Å². The molecule has 2 atom stereocenters. The van der Waals surface area contributed by atoms with Crippen molar-refractivity contribution < 1.29 is 13.6 Å². The van der Waals surface area contributed by atoms with Crippen LogP contribution in [0.1, 0.15) is 13.8 Å². The van der Waals surface area contributed by atoms with Crippen molar-refractivity contribution in [3.8, 4) is 0 Å². The zero-order chi connectivity index (χ0) is 10.8. The molecule has 1 aliphatic rings. The van der Waals surface area contributed by atoms with Gasteiger partial charge < -0.3 is 9.05 Å². The summed E-state index contributed by atoms with van der Waals surface area (Å²) in [4.78, 5) is 0. The Morgan fingerprint density at radius 2 is 2.57 bits per heavy atom. The van der Waals surface area contributed by atoms with Crippen molar-refractivity contribution in [2.45, 2.75) is 13.8 Å². The molecule has 0 radical (unpaired) electrons. The van der Waals surface area contributed by atoms with Gasteiger partial charge in [-0.2, -0.15) is 0 Å². The second-order valence-corrected chi connectivity index (χ2v) is 5.53. The van der Waals surface area contributed by atoms with Crippen LogP contribution in [0.25, 0.3) is 0 Å². The zero-order valence-electron chi connectivity index (χ0n) is 8.33. The van der Waals surface area contributed by atoms with Crippen molar-refractivity contribution in [3.63, 3.8) is 0 Å². The van der Waals surface area contributed by atoms with Crippen LogP contribution in [-0.2, 0) is 13.6 Å². The van der Waals surface area contributed by atoms with Gasteiger partial charge in [0.2, 0.25) is 0 Å². The number of hydrogen-bond acceptors (Lipinski definition) is 3. The molecule has 0 amide bonds. The first-order chi connectivity index (χ1) is 6.55. The minimum Gasteiger partial charge on any atom is -0.306 e. The van der Waals surface area contributed by atoms with E-state index >= 15 is 0 Å². The van der Waals surface area contributed by atoms with Crippen LogP contribution in [0.2, 0.25) is 0 Å². The van der Waals surface area contributed by atoms with Gasteiger partial charge in [0.15, 0.2) is 0 Å². The summed E-state index contributed by atoms with van der Waals surface area (Å²) in [5.74, 6) is -0.0927. The molecule has 0 aromatic rings. The summed E-state index contributed by atoms with van der Waals surface area (Å²) in [6.07, 6.45) is 1.68. The average Bonchev–Trinajstić information content (AvgIpc) is 2.43. The molecule has 0 aromatic heterocycles. The summed E-state index contributed by atoms with van der Waals surface area (Å²) < 4.78 is 22.4. The molecule has 1 fully saturated rings. The molecule has 3 nitrogen and oxygen atoms in total. The van der Waals surface area contributed by atoms with Gasteiger partial charge in [-0.3, -0.25) is 4.57 Å². The maximum absolute atomic E-state index is 12.1. The van der Waals surface area contributed by atoms with Crippen LogP contribution in [0, 0.1) is 5.92 Å². The van der Waals surface area contributed by atoms with E-state index in [2.05, 4.69) is 6.58 Å². The van der Waals surface area contributed by atoms with Crippen LogP contribution in [0.3, 0.4) is 0 Å². The van der Waals surface area contributed by atoms with E-state index in [1.807, 2.05) is 0 Å². The van der Waals surface area contributed by atoms with E-state index in [-0.39, 0.29) is 5.92 Å². The third kappa shape index (κ3) is 2.12. The average molecular weight is 237 g/mol. The van der Waals surface area contributed by atoms with E-state index in [9.17, 15) is 4.57 Å². The Morgan fingerprint density at radius 1 is 1.93 bits per heavy atom. The van der Waals surface area contributed by atoms with E-state index in [4.69, 9.17) is 20.6 Å². The van der Waals surface area contributed by atoms with Gasteiger partial charge in [-0.1, -0.05) is 17.7 Å². The normalized spacial score (nSPS) is 35.8. The Balaban J connectivity index is 3.07. The third-order valence-electron chi connectivity index (χ3n) is 2.01. The van der Waals surface area contributed by atoms with Crippen molar-refractivity contribution in [2.24, 2.45) is 5.92 Å². The monoisotopic (exact) mass is 236 g/mol. The molecule has 14 heavy (non-hydrogen) atoms. The van der Waals surface area contributed by atoms with Gasteiger partial charge in [0.05, 0.1) is 18.5 Å². The molecule has 0 spiro atoms. The molecular weight excluding hydrogens is 223 g/mol. The van der Waals surface area contributed by atoms with E-state index < -0.39 is 7.60 Å². The minimum atomic E-state index is -3.13. The summed E-state index contributed by atoms with van der Waals surface area (Å²) >= 11 is 5.88. The third-order valence-corrected chi connectivity index (χ3v) is 4.69. The fraction of sp³-hybridized carbons (Fsp3) is 0.556. The van der Waals surface area contributed by atoms with Crippen molar-refractivity contribution in [2.75, 3.05) is 13.2 Å². The van der Waals surface area contributed by atoms with Crippen LogP contribution in [-0.4, -0.2) is 13.2 Å². The first kappa shape index (κ1) is 12.0. The van der Waals surface area contributed by atoms with E-state index in [1.54, 1.807) is 19.9 Å². The van der Waals surface area contributed by atoms with E-state index in [0.717, 1.165) is 0 Å². The first-order valence-electron chi connectivity index (χ1n) is 4.43. The van der Waals surface area contributed by atoms with Gasteiger partial charge in [-0.05, 0) is 13.8 Å². The fourth-order valence-electron chi connectivity index (χ4n) is 1.43. The fourth-order valence-corrected chi connectivity index (χ4v) is 3.89. The highest BCUT2D eigenvalue weighted by molar-refractivity contribution is 7.59. The van der Waals surface area contributed by atoms with Gasteiger partial charge in [-0.25, -0.2) is 0 Å². The van der Waals surface area contributed by atoms with Crippen LogP contribution in [0.5, 0.6) is 0 Å². The second kappa shape index (κ2) is 4.63. The standard InChI is InChI=1S/C9H14ClO3P/c1-4-8-6-13-14(11,12-5-2)9(8)7(3)10/h4,8H,1,5-6H2,2-3H3/b9-7+. The first-order valence-corrected chi connectivity index (χ1v) is 6.35. The molecule has 0 bridgehead atoms. The van der Waals surface area contributed by atoms with E-state index in [1.165, 1.54) is 0 Å². The molecule has 0 aliphatic carbocycles. The lowest BCUT2D eigenvalue weighted by molar-refractivity contribution is 0.234. The molecule has 0 N–H and O–H groups in total. The lowest BCUT2D eigenvalue weighted by Crippen LogP contribution is -1.97. The van der Waals surface area contributed by atoms with Crippen molar-refractivity contribution in [1.29, 1.82) is 0 Å². The topological polar surface area (TPSA) is 35.5 Å². The van der Waals surface area contributed by atoms with Gasteiger partial charge >= 0.3 is 7.60 Å². The Hall–Kier alpha value is -0.0800. The smallest absolute Gasteiger partial charge is 0.306 e. The molecule has 80 valence electrons. The number of hydrogen-bond donors (Lipinski definition) is 0. The highest BCUT2D eigenvalue weighted by Crippen LogP contribution is 2.65. The summed E-state index contributed by atoms with van der Waals surface area (Å²) in [6, 6.07) is 0. The highest BCUT2D eigenvalue weighted by atomic mass is 35.5. The summed E-state index contributed by atoms with van der Waals surface area (Å²) in [5.41, 5.74) is 0. The van der Waals surface area contributed by atoms with Gasteiger partial charge in [0.1, 0.15) is 0 Å². The predicted octanol–water partition coefficient (Wildman–Crippen LogP) is 3.52. The molecule has 0 saturated carbocycles. The Labute approximate surface area is 89.3 Å². The van der Waals surface area contributed by atoms with Gasteiger partial charge in [-0.15, -0.1) is 6.58 Å². The zero-order valence-corrected chi connectivity index (χ0v) is 9.98. The van der Waals surface area contributed by atoms with Gasteiger partial charge in [0, 0.05) is 11.0 Å². The minimum absolute atomic E-state index is 0.0927. The Kier molecular flexibility index (Phi) is 3.96. The molecule has 1 rings (SSSR count). The summed E-state index contributed by atoms with van der Waals surface area (Å²) in [5, 5.41) is 1.03. The molecule has 1 aliphatic heterocycles. The maximum atomic E-state index is 12.1. The molecule has 1 heterocycles. The molecule has 1 saturated heterocycles. The highest BCUT2D eigenvalue weighted by Gasteiger charge is 2.42. The SMILES string of the molecule is C=CC1COP(=O)(OCC)/C1=C(\C)Cl. The van der Waals surface area contributed by atoms with E-state index in [0.29, 0.717) is 23.6 Å². The second-order valence-electron chi connectivity index (χ2n) is 2.97. The molecule has 2 unspecified atom stereocenters. The largest absolute Gasteiger partial charge is 0.359 e. The van der Waals surface area contributed by atoms with Crippen molar-refractivity contribution in [3.05, 3.63) is 23.0 Å². The van der Waals surface area contributed by atoms with Crippen molar-refractivity contribution >= 4 is 19.2 Å². The lowest BCUT2D eigenvalue weighted by Gasteiger charge is -2.13. The summed E-state index contributed by atoms with van der Waals surface area (Å²) in [7, 11) is -3.13. The van der Waals surface area contributed by atoms with Crippen LogP contribution < -0.4 is 0 Å². The summed E-state index contributed by atoms with van der Waals surface area (Å²) in [6.45, 7) is 7.78. The Bertz CT molecular complexity index is 307. The lowest BCUT2D eigenvalue weighted by atomic mass is 10.1. The maximum Gasteiger partial charge on any atom is 0.359 e. The molecule has 0 aromatic carbocycles. The number of allylic oxidation sites excluding steroid dienone is 1. The number of rotatable bonds is 3. The quantitative estimate of drug-likeness (QED) is 0.556. The number of halogens is 1. The van der Waals surface area contributed by atoms with Gasteiger partial charge in [0.25, 0.3) is 0 Å². The Morgan fingerprint density at radius 3 is 3.00 bits per heavy atom. The molecule has 5 heteroatoms. The molecular formula is C9H14ClO3P.